The van der Waals surface area contributed by atoms with Crippen LogP contribution in [0.25, 0.3) is 11.1 Å². The summed E-state index contributed by atoms with van der Waals surface area (Å²) >= 11 is 0. The molecule has 2 atom stereocenters. The summed E-state index contributed by atoms with van der Waals surface area (Å²) in [6.07, 6.45) is 1.21. The number of benzene rings is 2. The number of likely N-dealkylation sites (tertiary alicyclic amines) is 1. The van der Waals surface area contributed by atoms with Gasteiger partial charge in [0, 0.05) is 18.9 Å². The Hall–Kier alpha value is -3.39. The zero-order valence-corrected chi connectivity index (χ0v) is 19.2. The Balaban J connectivity index is 1.41. The Bertz CT molecular complexity index is 1040. The van der Waals surface area contributed by atoms with Gasteiger partial charge < -0.3 is 25.2 Å². The lowest BCUT2D eigenvalue weighted by Gasteiger charge is -2.25. The van der Waals surface area contributed by atoms with Crippen molar-refractivity contribution in [3.8, 4) is 11.1 Å². The largest absolute Gasteiger partial charge is 0.479 e. The molecule has 0 bridgehead atoms. The van der Waals surface area contributed by atoms with Crippen LogP contribution in [0, 0.1) is 0 Å². The number of carboxylic acids is 1. The SMILES string of the molecule is CCCCC(NC(=O)OCC1c2ccccc2-c2ccccc21)C(=O)N1CCC(O)(C(=O)O)C1. The van der Waals surface area contributed by atoms with Gasteiger partial charge in [-0.25, -0.2) is 9.59 Å². The van der Waals surface area contributed by atoms with Crippen LogP contribution >= 0.6 is 0 Å². The number of alkyl carbamates (subject to hydrolysis) is 1. The first-order chi connectivity index (χ1) is 16.3. The molecule has 2 aromatic rings. The molecule has 0 saturated carbocycles. The van der Waals surface area contributed by atoms with E-state index in [1.807, 2.05) is 43.3 Å². The van der Waals surface area contributed by atoms with Crippen molar-refractivity contribution < 1.29 is 29.3 Å². The molecular formula is C26H30N2O6. The normalized spacial score (nSPS) is 19.9. The maximum Gasteiger partial charge on any atom is 0.407 e. The number of β-amino-alcohol motifs (C(OH)–C–C–N with tert-alkyl or cyclic N) is 1. The van der Waals surface area contributed by atoms with Gasteiger partial charge in [-0.15, -0.1) is 0 Å². The van der Waals surface area contributed by atoms with E-state index >= 15 is 0 Å². The van der Waals surface area contributed by atoms with Crippen molar-refractivity contribution in [2.75, 3.05) is 19.7 Å². The molecule has 1 fully saturated rings. The second kappa shape index (κ2) is 9.85. The van der Waals surface area contributed by atoms with E-state index < -0.39 is 29.6 Å². The third-order valence-electron chi connectivity index (χ3n) is 6.74. The molecular weight excluding hydrogens is 436 g/mol. The molecule has 2 unspecified atom stereocenters. The first-order valence-corrected chi connectivity index (χ1v) is 11.7. The highest BCUT2D eigenvalue weighted by Gasteiger charge is 2.45. The highest BCUT2D eigenvalue weighted by atomic mass is 16.5. The lowest BCUT2D eigenvalue weighted by molar-refractivity contribution is -0.157. The number of ether oxygens (including phenoxy) is 1. The standard InChI is InChI=1S/C26H30N2O6/c1-2-3-12-22(23(29)28-14-13-26(33,16-28)24(30)31)27-25(32)34-15-21-19-10-6-4-8-17(19)18-9-5-7-11-20(18)21/h4-11,21-22,33H,2-3,12-16H2,1H3,(H,27,32)(H,30,31). The molecule has 0 radical (unpaired) electrons. The number of carboxylic acid groups (broad SMARTS) is 1. The van der Waals surface area contributed by atoms with Crippen molar-refractivity contribution in [3.63, 3.8) is 0 Å². The molecule has 34 heavy (non-hydrogen) atoms. The molecule has 2 aliphatic rings. The number of hydrogen-bond donors (Lipinski definition) is 3. The lowest BCUT2D eigenvalue weighted by Crippen LogP contribution is -2.50. The molecule has 1 aliphatic heterocycles. The minimum atomic E-state index is -1.95. The Morgan fingerprint density at radius 3 is 2.29 bits per heavy atom. The number of amides is 2. The number of fused-ring (bicyclic) bond motifs is 3. The molecule has 8 heteroatoms. The summed E-state index contributed by atoms with van der Waals surface area (Å²) in [6.45, 7) is 1.94. The van der Waals surface area contributed by atoms with E-state index in [-0.39, 0.29) is 32.0 Å². The van der Waals surface area contributed by atoms with Gasteiger partial charge in [0.05, 0.1) is 6.54 Å². The second-order valence-electron chi connectivity index (χ2n) is 9.01. The van der Waals surface area contributed by atoms with Gasteiger partial charge in [-0.3, -0.25) is 4.79 Å². The summed E-state index contributed by atoms with van der Waals surface area (Å²) in [6, 6.07) is 15.2. The van der Waals surface area contributed by atoms with E-state index in [1.54, 1.807) is 0 Å². The summed E-state index contributed by atoms with van der Waals surface area (Å²) in [5.74, 6) is -1.84. The summed E-state index contributed by atoms with van der Waals surface area (Å²) in [4.78, 5) is 38.4. The molecule has 8 nitrogen and oxygen atoms in total. The van der Waals surface area contributed by atoms with E-state index in [1.165, 1.54) is 4.90 Å². The van der Waals surface area contributed by atoms with E-state index in [9.17, 15) is 24.6 Å². The molecule has 4 rings (SSSR count). The Morgan fingerprint density at radius 1 is 1.12 bits per heavy atom. The smallest absolute Gasteiger partial charge is 0.407 e. The molecule has 1 aliphatic carbocycles. The molecule has 2 amide bonds. The van der Waals surface area contributed by atoms with E-state index in [0.29, 0.717) is 12.8 Å². The summed E-state index contributed by atoms with van der Waals surface area (Å²) in [5.41, 5.74) is 2.50. The quantitative estimate of drug-likeness (QED) is 0.550. The van der Waals surface area contributed by atoms with Crippen LogP contribution in [0.1, 0.15) is 49.7 Å². The van der Waals surface area contributed by atoms with Crippen LogP contribution in [0.2, 0.25) is 0 Å². The summed E-state index contributed by atoms with van der Waals surface area (Å²) < 4.78 is 5.58. The molecule has 180 valence electrons. The molecule has 0 aromatic heterocycles. The maximum atomic E-state index is 13.0. The van der Waals surface area contributed by atoms with Gasteiger partial charge in [-0.1, -0.05) is 68.3 Å². The van der Waals surface area contributed by atoms with Crippen LogP contribution in [0.15, 0.2) is 48.5 Å². The number of aliphatic carboxylic acids is 1. The van der Waals surface area contributed by atoms with Crippen molar-refractivity contribution in [2.45, 2.75) is 50.2 Å². The Labute approximate surface area is 198 Å². The highest BCUT2D eigenvalue weighted by molar-refractivity contribution is 5.88. The van der Waals surface area contributed by atoms with Crippen LogP contribution in [0.3, 0.4) is 0 Å². The average molecular weight is 467 g/mol. The van der Waals surface area contributed by atoms with E-state index in [4.69, 9.17) is 4.74 Å². The van der Waals surface area contributed by atoms with Crippen LogP contribution in [0.4, 0.5) is 4.79 Å². The summed E-state index contributed by atoms with van der Waals surface area (Å²) in [7, 11) is 0. The number of unbranched alkanes of at least 4 members (excludes halogenated alkanes) is 1. The van der Waals surface area contributed by atoms with Gasteiger partial charge in [0.25, 0.3) is 0 Å². The van der Waals surface area contributed by atoms with Crippen molar-refractivity contribution in [1.82, 2.24) is 10.2 Å². The third-order valence-corrected chi connectivity index (χ3v) is 6.74. The van der Waals surface area contributed by atoms with Crippen molar-refractivity contribution in [3.05, 3.63) is 59.7 Å². The van der Waals surface area contributed by atoms with Gasteiger partial charge in [0.1, 0.15) is 12.6 Å². The fourth-order valence-electron chi connectivity index (χ4n) is 4.82. The Morgan fingerprint density at radius 2 is 1.74 bits per heavy atom. The number of carbonyl (C=O) groups is 3. The summed E-state index contributed by atoms with van der Waals surface area (Å²) in [5, 5.41) is 22.1. The van der Waals surface area contributed by atoms with Gasteiger partial charge in [0.15, 0.2) is 5.60 Å². The number of aliphatic hydroxyl groups is 1. The minimum Gasteiger partial charge on any atom is -0.479 e. The predicted octanol–water partition coefficient (Wildman–Crippen LogP) is 3.13. The highest BCUT2D eigenvalue weighted by Crippen LogP contribution is 2.44. The monoisotopic (exact) mass is 466 g/mol. The zero-order valence-electron chi connectivity index (χ0n) is 19.2. The van der Waals surface area contributed by atoms with Crippen molar-refractivity contribution >= 4 is 18.0 Å². The number of hydrogen-bond acceptors (Lipinski definition) is 5. The maximum absolute atomic E-state index is 13.0. The molecule has 1 saturated heterocycles. The van der Waals surface area contributed by atoms with Gasteiger partial charge in [-0.2, -0.15) is 0 Å². The average Bonchev–Trinajstić information content (AvgIpc) is 3.39. The van der Waals surface area contributed by atoms with E-state index in [0.717, 1.165) is 28.7 Å². The van der Waals surface area contributed by atoms with Gasteiger partial charge >= 0.3 is 12.1 Å². The first-order valence-electron chi connectivity index (χ1n) is 11.7. The topological polar surface area (TPSA) is 116 Å². The Kier molecular flexibility index (Phi) is 6.88. The van der Waals surface area contributed by atoms with E-state index in [2.05, 4.69) is 17.4 Å². The fraction of sp³-hybridized carbons (Fsp3) is 0.423. The van der Waals surface area contributed by atoms with Crippen LogP contribution in [-0.4, -0.2) is 64.4 Å². The number of carbonyl (C=O) groups excluding carboxylic acids is 2. The van der Waals surface area contributed by atoms with Crippen LogP contribution < -0.4 is 5.32 Å². The first kappa shape index (κ1) is 23.8. The third kappa shape index (κ3) is 4.63. The molecule has 3 N–H and O–H groups in total. The number of nitrogens with one attached hydrogen (secondary N) is 1. The number of nitrogens with zero attached hydrogens (tertiary/aromatic N) is 1. The number of rotatable bonds is 8. The van der Waals surface area contributed by atoms with Crippen LogP contribution in [0.5, 0.6) is 0 Å². The molecule has 1 heterocycles. The lowest BCUT2D eigenvalue weighted by atomic mass is 9.98. The minimum absolute atomic E-state index is 0.0421. The van der Waals surface area contributed by atoms with Crippen molar-refractivity contribution in [1.29, 1.82) is 0 Å². The van der Waals surface area contributed by atoms with Gasteiger partial charge in [-0.05, 0) is 28.7 Å². The van der Waals surface area contributed by atoms with Crippen LogP contribution in [-0.2, 0) is 14.3 Å². The molecule has 0 spiro atoms. The predicted molar refractivity (Wildman–Crippen MR) is 125 cm³/mol. The van der Waals surface area contributed by atoms with Crippen molar-refractivity contribution in [2.24, 2.45) is 0 Å². The zero-order chi connectivity index (χ0) is 24.3. The van der Waals surface area contributed by atoms with Gasteiger partial charge in [0.2, 0.25) is 5.91 Å². The fourth-order valence-corrected chi connectivity index (χ4v) is 4.82. The molecule has 2 aromatic carbocycles. The second-order valence-corrected chi connectivity index (χ2v) is 9.01.